The summed E-state index contributed by atoms with van der Waals surface area (Å²) in [4.78, 5) is 25.7. The molecule has 27 heavy (non-hydrogen) atoms. The Morgan fingerprint density at radius 3 is 2.93 bits per heavy atom. The number of rotatable bonds is 2. The molecule has 1 aliphatic carbocycles. The number of aryl methyl sites for hydroxylation is 1. The van der Waals surface area contributed by atoms with E-state index in [-0.39, 0.29) is 17.9 Å². The van der Waals surface area contributed by atoms with E-state index >= 15 is 0 Å². The Kier molecular flexibility index (Phi) is 4.05. The number of pyridine rings is 1. The van der Waals surface area contributed by atoms with Crippen LogP contribution in [0.4, 0.5) is 5.69 Å². The number of nitrogens with zero attached hydrogens (tertiary/aromatic N) is 3. The Morgan fingerprint density at radius 2 is 2.07 bits per heavy atom. The highest BCUT2D eigenvalue weighted by molar-refractivity contribution is 7.15. The summed E-state index contributed by atoms with van der Waals surface area (Å²) in [6.07, 6.45) is 7.15. The molecule has 5 rings (SSSR count). The van der Waals surface area contributed by atoms with Gasteiger partial charge in [-0.05, 0) is 56.4 Å². The lowest BCUT2D eigenvalue weighted by Gasteiger charge is -2.29. The highest BCUT2D eigenvalue weighted by atomic mass is 32.1. The largest absolute Gasteiger partial charge is 0.309 e. The van der Waals surface area contributed by atoms with E-state index in [4.69, 9.17) is 4.98 Å². The van der Waals surface area contributed by atoms with Crippen molar-refractivity contribution in [2.45, 2.75) is 38.6 Å². The molecule has 136 valence electrons. The van der Waals surface area contributed by atoms with Crippen molar-refractivity contribution in [1.29, 1.82) is 0 Å². The van der Waals surface area contributed by atoms with Crippen LogP contribution < -0.4 is 4.90 Å². The van der Waals surface area contributed by atoms with Crippen molar-refractivity contribution >= 4 is 22.9 Å². The van der Waals surface area contributed by atoms with Gasteiger partial charge in [0.1, 0.15) is 5.01 Å². The number of carbonyl (C=O) groups is 1. The molecule has 0 bridgehead atoms. The molecule has 0 radical (unpaired) electrons. The lowest BCUT2D eigenvalue weighted by Crippen LogP contribution is -2.41. The quantitative estimate of drug-likeness (QED) is 0.671. The van der Waals surface area contributed by atoms with E-state index in [0.717, 1.165) is 47.6 Å². The van der Waals surface area contributed by atoms with Gasteiger partial charge in [0, 0.05) is 40.5 Å². The summed E-state index contributed by atoms with van der Waals surface area (Å²) in [5.41, 5.74) is 4.60. The number of anilines is 1. The molecule has 1 aromatic carbocycles. The number of para-hydroxylation sites is 1. The summed E-state index contributed by atoms with van der Waals surface area (Å²) < 4.78 is 0. The Labute approximate surface area is 162 Å². The van der Waals surface area contributed by atoms with Gasteiger partial charge in [-0.15, -0.1) is 11.3 Å². The number of fused-ring (bicyclic) bond motifs is 2. The van der Waals surface area contributed by atoms with E-state index in [1.807, 2.05) is 29.3 Å². The van der Waals surface area contributed by atoms with Crippen LogP contribution in [0.1, 0.15) is 29.5 Å². The van der Waals surface area contributed by atoms with Gasteiger partial charge in [0.15, 0.2) is 0 Å². The minimum Gasteiger partial charge on any atom is -0.309 e. The lowest BCUT2D eigenvalue weighted by molar-refractivity contribution is -0.123. The summed E-state index contributed by atoms with van der Waals surface area (Å²) >= 11 is 1.72. The first kappa shape index (κ1) is 16.6. The Bertz CT molecular complexity index is 998. The smallest absolute Gasteiger partial charge is 0.230 e. The summed E-state index contributed by atoms with van der Waals surface area (Å²) in [6, 6.07) is 12.5. The van der Waals surface area contributed by atoms with Gasteiger partial charge in [0.25, 0.3) is 0 Å². The average Bonchev–Trinajstić information content (AvgIpc) is 3.27. The van der Waals surface area contributed by atoms with E-state index in [1.54, 1.807) is 17.5 Å². The number of carbonyl (C=O) groups excluding carboxylic acids is 1. The minimum absolute atomic E-state index is 0.0494. The average molecular weight is 375 g/mol. The van der Waals surface area contributed by atoms with Crippen LogP contribution in [0.2, 0.25) is 0 Å². The first-order valence-corrected chi connectivity index (χ1v) is 10.3. The molecule has 4 nitrogen and oxygen atoms in total. The molecule has 0 saturated heterocycles. The van der Waals surface area contributed by atoms with Crippen molar-refractivity contribution in [3.63, 3.8) is 0 Å². The number of amides is 1. The van der Waals surface area contributed by atoms with Gasteiger partial charge in [-0.1, -0.05) is 18.2 Å². The minimum atomic E-state index is 0.0494. The summed E-state index contributed by atoms with van der Waals surface area (Å²) in [5.74, 6) is 0.322. The third-order valence-corrected chi connectivity index (χ3v) is 6.81. The molecule has 2 atom stereocenters. The number of hydrogen-bond acceptors (Lipinski definition) is 4. The van der Waals surface area contributed by atoms with Gasteiger partial charge in [0.2, 0.25) is 5.91 Å². The zero-order valence-electron chi connectivity index (χ0n) is 15.3. The van der Waals surface area contributed by atoms with Crippen molar-refractivity contribution < 1.29 is 4.79 Å². The topological polar surface area (TPSA) is 46.1 Å². The number of benzene rings is 1. The van der Waals surface area contributed by atoms with Crippen LogP contribution in [0.5, 0.6) is 0 Å². The summed E-state index contributed by atoms with van der Waals surface area (Å²) in [7, 11) is 0. The van der Waals surface area contributed by atoms with Crippen LogP contribution in [0.15, 0.2) is 48.8 Å². The van der Waals surface area contributed by atoms with Crippen molar-refractivity contribution in [2.24, 2.45) is 5.92 Å². The Hall–Kier alpha value is -2.53. The van der Waals surface area contributed by atoms with E-state index in [0.29, 0.717) is 0 Å². The van der Waals surface area contributed by atoms with E-state index in [2.05, 4.69) is 30.1 Å². The maximum atomic E-state index is 13.4. The maximum Gasteiger partial charge on any atom is 0.230 e. The molecule has 1 amide bonds. The molecule has 1 aliphatic heterocycles. The molecule has 0 spiro atoms. The van der Waals surface area contributed by atoms with Crippen molar-refractivity contribution in [2.75, 3.05) is 4.90 Å². The van der Waals surface area contributed by atoms with Gasteiger partial charge < -0.3 is 4.90 Å². The Balaban J connectivity index is 1.40. The number of hydrogen-bond donors (Lipinski definition) is 0. The number of aromatic nitrogens is 2. The zero-order valence-corrected chi connectivity index (χ0v) is 16.1. The van der Waals surface area contributed by atoms with Gasteiger partial charge >= 0.3 is 0 Å². The fourth-order valence-corrected chi connectivity index (χ4v) is 5.47. The van der Waals surface area contributed by atoms with Crippen LogP contribution >= 0.6 is 11.3 Å². The Morgan fingerprint density at radius 1 is 1.19 bits per heavy atom. The second kappa shape index (κ2) is 6.57. The van der Waals surface area contributed by atoms with E-state index in [1.165, 1.54) is 10.4 Å². The maximum absolute atomic E-state index is 13.4. The number of thiazole rings is 1. The van der Waals surface area contributed by atoms with E-state index < -0.39 is 0 Å². The fourth-order valence-electron chi connectivity index (χ4n) is 4.30. The van der Waals surface area contributed by atoms with Crippen molar-refractivity contribution in [3.8, 4) is 10.6 Å². The van der Waals surface area contributed by atoms with Crippen LogP contribution in [-0.4, -0.2) is 21.9 Å². The van der Waals surface area contributed by atoms with Gasteiger partial charge in [0.05, 0.1) is 5.69 Å². The lowest BCUT2D eigenvalue weighted by atomic mass is 9.89. The van der Waals surface area contributed by atoms with Crippen LogP contribution in [0.25, 0.3) is 10.6 Å². The van der Waals surface area contributed by atoms with Gasteiger partial charge in [-0.3, -0.25) is 9.78 Å². The predicted molar refractivity (Wildman–Crippen MR) is 108 cm³/mol. The zero-order chi connectivity index (χ0) is 18.4. The van der Waals surface area contributed by atoms with Crippen LogP contribution in [0, 0.1) is 5.92 Å². The SMILES string of the molecule is CC1Cc2ccccc2N1C(=O)C1CCc2nc(-c3cccnc3)sc2C1. The molecule has 3 aromatic rings. The first-order chi connectivity index (χ1) is 13.2. The molecule has 2 unspecified atom stereocenters. The van der Waals surface area contributed by atoms with Gasteiger partial charge in [-0.2, -0.15) is 0 Å². The molecule has 0 saturated carbocycles. The molecular formula is C22H21N3OS. The predicted octanol–water partition coefficient (Wildman–Crippen LogP) is 4.29. The molecule has 2 aromatic heterocycles. The van der Waals surface area contributed by atoms with Crippen molar-refractivity contribution in [1.82, 2.24) is 9.97 Å². The molecular weight excluding hydrogens is 354 g/mol. The standard InChI is InChI=1S/C22H21N3OS/c1-14-11-15-5-2-3-7-19(15)25(14)22(26)16-8-9-18-20(12-16)27-21(24-18)17-6-4-10-23-13-17/h2-7,10,13-14,16H,8-9,11-12H2,1H3. The van der Waals surface area contributed by atoms with Crippen LogP contribution in [0.3, 0.4) is 0 Å². The third kappa shape index (κ3) is 2.86. The second-order valence-corrected chi connectivity index (χ2v) is 8.54. The monoisotopic (exact) mass is 375 g/mol. The highest BCUT2D eigenvalue weighted by Gasteiger charge is 2.36. The van der Waals surface area contributed by atoms with E-state index in [9.17, 15) is 4.79 Å². The van der Waals surface area contributed by atoms with Crippen molar-refractivity contribution in [3.05, 3.63) is 64.9 Å². The van der Waals surface area contributed by atoms with Crippen LogP contribution in [-0.2, 0) is 24.1 Å². The molecule has 3 heterocycles. The molecule has 0 N–H and O–H groups in total. The van der Waals surface area contributed by atoms with Gasteiger partial charge in [-0.25, -0.2) is 4.98 Å². The first-order valence-electron chi connectivity index (χ1n) is 9.50. The summed E-state index contributed by atoms with van der Waals surface area (Å²) in [6.45, 7) is 2.15. The third-order valence-electron chi connectivity index (χ3n) is 5.64. The molecule has 5 heteroatoms. The normalized spacial score (nSPS) is 21.0. The second-order valence-electron chi connectivity index (χ2n) is 7.46. The highest BCUT2D eigenvalue weighted by Crippen LogP contribution is 2.38. The summed E-state index contributed by atoms with van der Waals surface area (Å²) in [5, 5.41) is 1.01. The molecule has 0 fully saturated rings. The fraction of sp³-hybridized carbons (Fsp3) is 0.318. The molecule has 2 aliphatic rings.